The van der Waals surface area contributed by atoms with E-state index < -0.39 is 0 Å². The molecule has 0 radical (unpaired) electrons. The fourth-order valence-electron chi connectivity index (χ4n) is 2.12. The maximum atomic E-state index is 5.75. The van der Waals surface area contributed by atoms with Gasteiger partial charge in [-0.05, 0) is 37.6 Å². The molecular weight excluding hydrogens is 238 g/mol. The summed E-state index contributed by atoms with van der Waals surface area (Å²) in [6.07, 6.45) is 0.975. The lowest BCUT2D eigenvalue weighted by atomic mass is 10.1. The Morgan fingerprint density at radius 1 is 1.42 bits per heavy atom. The van der Waals surface area contributed by atoms with Gasteiger partial charge in [0.15, 0.2) is 0 Å². The third kappa shape index (κ3) is 3.32. The Hall–Kier alpha value is -1.43. The van der Waals surface area contributed by atoms with E-state index in [0.717, 1.165) is 30.9 Å². The van der Waals surface area contributed by atoms with Gasteiger partial charge in [0.25, 0.3) is 0 Å². The van der Waals surface area contributed by atoms with Gasteiger partial charge in [0.1, 0.15) is 5.82 Å². The predicted molar refractivity (Wildman–Crippen MR) is 79.1 cm³/mol. The molecule has 1 heterocycles. The van der Waals surface area contributed by atoms with Crippen molar-refractivity contribution in [3.05, 3.63) is 29.6 Å². The van der Waals surface area contributed by atoms with Crippen LogP contribution in [0.5, 0.6) is 0 Å². The van der Waals surface area contributed by atoms with E-state index in [2.05, 4.69) is 33.1 Å². The van der Waals surface area contributed by atoms with Crippen LogP contribution in [0.1, 0.15) is 11.4 Å². The molecule has 2 aromatic rings. The van der Waals surface area contributed by atoms with Crippen LogP contribution in [0.4, 0.5) is 0 Å². The number of aromatic nitrogens is 2. The summed E-state index contributed by atoms with van der Waals surface area (Å²) < 4.78 is 2.11. The van der Waals surface area contributed by atoms with Crippen LogP contribution in [0.3, 0.4) is 0 Å². The van der Waals surface area contributed by atoms with Crippen LogP contribution in [0.15, 0.2) is 18.2 Å². The quantitative estimate of drug-likeness (QED) is 0.653. The number of benzene rings is 1. The summed E-state index contributed by atoms with van der Waals surface area (Å²) in [7, 11) is 2.04. The van der Waals surface area contributed by atoms with Crippen molar-refractivity contribution >= 4 is 11.0 Å². The van der Waals surface area contributed by atoms with Gasteiger partial charge in [-0.15, -0.1) is 0 Å². The SMILES string of the molecule is Cc1nc2cc(CCNCC(N)CN)ccc2n1C. The zero-order valence-corrected chi connectivity index (χ0v) is 11.7. The van der Waals surface area contributed by atoms with Crippen molar-refractivity contribution in [1.82, 2.24) is 14.9 Å². The van der Waals surface area contributed by atoms with E-state index in [1.807, 2.05) is 14.0 Å². The van der Waals surface area contributed by atoms with E-state index in [-0.39, 0.29) is 6.04 Å². The lowest BCUT2D eigenvalue weighted by Crippen LogP contribution is -2.40. The van der Waals surface area contributed by atoms with Crippen molar-refractivity contribution in [2.75, 3.05) is 19.6 Å². The maximum Gasteiger partial charge on any atom is 0.106 e. The molecule has 1 unspecified atom stereocenters. The van der Waals surface area contributed by atoms with Gasteiger partial charge in [-0.1, -0.05) is 6.07 Å². The standard InChI is InChI=1S/C14H23N5/c1-10-18-13-7-11(3-4-14(13)19(10)2)5-6-17-9-12(16)8-15/h3-4,7,12,17H,5-6,8-9,15-16H2,1-2H3. The normalized spacial score (nSPS) is 13.1. The first-order chi connectivity index (χ1) is 9.11. The molecule has 1 atom stereocenters. The van der Waals surface area contributed by atoms with Gasteiger partial charge in [-0.25, -0.2) is 4.98 Å². The summed E-state index contributed by atoms with van der Waals surface area (Å²) in [5.41, 5.74) is 14.8. The number of aryl methyl sites for hydroxylation is 2. The molecule has 1 aromatic carbocycles. The highest BCUT2D eigenvalue weighted by atomic mass is 15.0. The Labute approximate surface area is 114 Å². The first-order valence-electron chi connectivity index (χ1n) is 6.70. The van der Waals surface area contributed by atoms with E-state index >= 15 is 0 Å². The van der Waals surface area contributed by atoms with Crippen molar-refractivity contribution < 1.29 is 0 Å². The van der Waals surface area contributed by atoms with Crippen LogP contribution in [0, 0.1) is 6.92 Å². The third-order valence-corrected chi connectivity index (χ3v) is 3.47. The smallest absolute Gasteiger partial charge is 0.106 e. The Balaban J connectivity index is 1.94. The van der Waals surface area contributed by atoms with Gasteiger partial charge in [0.2, 0.25) is 0 Å². The summed E-state index contributed by atoms with van der Waals surface area (Å²) in [5.74, 6) is 1.04. The molecule has 0 saturated heterocycles. The molecule has 0 aliphatic rings. The first-order valence-corrected chi connectivity index (χ1v) is 6.70. The third-order valence-electron chi connectivity index (χ3n) is 3.47. The molecule has 5 nitrogen and oxygen atoms in total. The lowest BCUT2D eigenvalue weighted by molar-refractivity contribution is 0.583. The second-order valence-corrected chi connectivity index (χ2v) is 4.99. The number of hydrogen-bond donors (Lipinski definition) is 3. The highest BCUT2D eigenvalue weighted by molar-refractivity contribution is 5.76. The molecule has 104 valence electrons. The van der Waals surface area contributed by atoms with Crippen LogP contribution < -0.4 is 16.8 Å². The largest absolute Gasteiger partial charge is 0.331 e. The van der Waals surface area contributed by atoms with Crippen LogP contribution in [0.2, 0.25) is 0 Å². The van der Waals surface area contributed by atoms with E-state index in [0.29, 0.717) is 6.54 Å². The average molecular weight is 261 g/mol. The molecule has 5 heteroatoms. The highest BCUT2D eigenvalue weighted by Gasteiger charge is 2.05. The van der Waals surface area contributed by atoms with Crippen LogP contribution >= 0.6 is 0 Å². The topological polar surface area (TPSA) is 81.9 Å². The van der Waals surface area contributed by atoms with E-state index in [9.17, 15) is 0 Å². The van der Waals surface area contributed by atoms with Crippen molar-refractivity contribution in [2.24, 2.45) is 18.5 Å². The molecule has 5 N–H and O–H groups in total. The lowest BCUT2D eigenvalue weighted by Gasteiger charge is -2.10. The molecule has 0 aliphatic heterocycles. The molecular formula is C14H23N5. The number of nitrogens with zero attached hydrogens (tertiary/aromatic N) is 2. The van der Waals surface area contributed by atoms with Crippen LogP contribution in [-0.2, 0) is 13.5 Å². The van der Waals surface area contributed by atoms with Crippen molar-refractivity contribution in [3.8, 4) is 0 Å². The van der Waals surface area contributed by atoms with Gasteiger partial charge in [-0.3, -0.25) is 0 Å². The number of fused-ring (bicyclic) bond motifs is 1. The van der Waals surface area contributed by atoms with E-state index in [4.69, 9.17) is 11.5 Å². The molecule has 2 rings (SSSR count). The van der Waals surface area contributed by atoms with E-state index in [1.165, 1.54) is 11.1 Å². The van der Waals surface area contributed by atoms with Crippen molar-refractivity contribution in [1.29, 1.82) is 0 Å². The molecule has 1 aromatic heterocycles. The van der Waals surface area contributed by atoms with Crippen LogP contribution in [0.25, 0.3) is 11.0 Å². The fourth-order valence-corrected chi connectivity index (χ4v) is 2.12. The summed E-state index contributed by atoms with van der Waals surface area (Å²) >= 11 is 0. The van der Waals surface area contributed by atoms with Crippen molar-refractivity contribution in [2.45, 2.75) is 19.4 Å². The van der Waals surface area contributed by atoms with Gasteiger partial charge >= 0.3 is 0 Å². The molecule has 0 aliphatic carbocycles. The molecule has 19 heavy (non-hydrogen) atoms. The fraction of sp³-hybridized carbons (Fsp3) is 0.500. The Morgan fingerprint density at radius 2 is 2.21 bits per heavy atom. The zero-order chi connectivity index (χ0) is 13.8. The second kappa shape index (κ2) is 6.14. The minimum absolute atomic E-state index is 0.0425. The molecule has 0 spiro atoms. The minimum Gasteiger partial charge on any atom is -0.331 e. The monoisotopic (exact) mass is 261 g/mol. The molecule has 0 amide bonds. The van der Waals surface area contributed by atoms with Gasteiger partial charge in [0, 0.05) is 26.2 Å². The molecule has 0 bridgehead atoms. The average Bonchev–Trinajstić information content (AvgIpc) is 2.69. The number of rotatable bonds is 6. The summed E-state index contributed by atoms with van der Waals surface area (Å²) in [4.78, 5) is 4.55. The second-order valence-electron chi connectivity index (χ2n) is 4.99. The summed E-state index contributed by atoms with van der Waals surface area (Å²) in [6, 6.07) is 6.50. The predicted octanol–water partition coefficient (Wildman–Crippen LogP) is 0.300. The Kier molecular flexibility index (Phi) is 4.52. The number of nitrogens with one attached hydrogen (secondary N) is 1. The highest BCUT2D eigenvalue weighted by Crippen LogP contribution is 2.16. The number of nitrogens with two attached hydrogens (primary N) is 2. The van der Waals surface area contributed by atoms with Crippen molar-refractivity contribution in [3.63, 3.8) is 0 Å². The zero-order valence-electron chi connectivity index (χ0n) is 11.7. The van der Waals surface area contributed by atoms with E-state index in [1.54, 1.807) is 0 Å². The minimum atomic E-state index is 0.0425. The summed E-state index contributed by atoms with van der Waals surface area (Å²) in [5, 5.41) is 3.32. The number of imidazole rings is 1. The van der Waals surface area contributed by atoms with Gasteiger partial charge in [0.05, 0.1) is 11.0 Å². The summed E-state index contributed by atoms with van der Waals surface area (Å²) in [6.45, 7) is 4.22. The van der Waals surface area contributed by atoms with Gasteiger partial charge in [-0.2, -0.15) is 0 Å². The Bertz CT molecular complexity index is 546. The Morgan fingerprint density at radius 3 is 2.95 bits per heavy atom. The molecule has 0 saturated carbocycles. The van der Waals surface area contributed by atoms with Crippen LogP contribution in [-0.4, -0.2) is 35.2 Å². The van der Waals surface area contributed by atoms with Gasteiger partial charge < -0.3 is 21.4 Å². The number of hydrogen-bond acceptors (Lipinski definition) is 4. The first kappa shape index (κ1) is 14.0. The maximum absolute atomic E-state index is 5.75. The molecule has 0 fully saturated rings.